The molecule has 2 atom stereocenters. The first-order chi connectivity index (χ1) is 7.38. The van der Waals surface area contributed by atoms with Crippen molar-refractivity contribution in [2.75, 3.05) is 5.75 Å². The van der Waals surface area contributed by atoms with Gasteiger partial charge in [-0.1, -0.05) is 0 Å². The quantitative estimate of drug-likeness (QED) is 0.330. The molecule has 0 rings (SSSR count). The number of carbonyl (C=O) groups excluding carboxylic acids is 3. The number of aliphatic hydroxyl groups excluding tert-OH is 1. The van der Waals surface area contributed by atoms with Gasteiger partial charge in [0.1, 0.15) is 6.04 Å². The molecule has 0 aromatic carbocycles. The molecule has 0 aromatic rings. The zero-order valence-corrected chi connectivity index (χ0v) is 9.69. The van der Waals surface area contributed by atoms with Crippen LogP contribution in [0.5, 0.6) is 0 Å². The number of hydrogen-bond donors (Lipinski definition) is 3. The van der Waals surface area contributed by atoms with Gasteiger partial charge in [0.2, 0.25) is 5.91 Å². The van der Waals surface area contributed by atoms with E-state index in [0.29, 0.717) is 0 Å². The molecule has 0 bridgehead atoms. The van der Waals surface area contributed by atoms with Crippen LogP contribution < -0.4 is 5.32 Å². The smallest absolute Gasteiger partial charge is 0.382 e. The van der Waals surface area contributed by atoms with Crippen LogP contribution in [0, 0.1) is 0 Å². The van der Waals surface area contributed by atoms with Crippen LogP contribution in [-0.2, 0) is 24.2 Å². The van der Waals surface area contributed by atoms with E-state index in [1.54, 1.807) is 0 Å². The average molecular weight is 251 g/mol. The molecular formula is C8H13NO6S. The van der Waals surface area contributed by atoms with Gasteiger partial charge in [-0.2, -0.15) is 12.6 Å². The van der Waals surface area contributed by atoms with Crippen molar-refractivity contribution >= 4 is 30.5 Å². The molecule has 1 amide bonds. The van der Waals surface area contributed by atoms with E-state index >= 15 is 0 Å². The molecular weight excluding hydrogens is 238 g/mol. The number of thiol groups is 1. The maximum atomic E-state index is 11.2. The molecule has 0 heterocycles. The third kappa shape index (κ3) is 5.56. The van der Waals surface area contributed by atoms with Crippen LogP contribution in [0.4, 0.5) is 0 Å². The number of aliphatic hydroxyl groups is 1. The Kier molecular flexibility index (Phi) is 6.50. The van der Waals surface area contributed by atoms with Crippen LogP contribution in [0.3, 0.4) is 0 Å². The standard InChI is InChI=1S/C8H13NO6S/c1-4(10)7(12)14-15-8(13)6(3-16)9-5(2)11/h4,6,10,16H,3H2,1-2H3,(H,9,11). The van der Waals surface area contributed by atoms with Crippen molar-refractivity contribution in [3.8, 4) is 0 Å². The highest BCUT2D eigenvalue weighted by Crippen LogP contribution is 1.96. The highest BCUT2D eigenvalue weighted by Gasteiger charge is 2.23. The maximum Gasteiger partial charge on any atom is 0.383 e. The highest BCUT2D eigenvalue weighted by molar-refractivity contribution is 7.80. The summed E-state index contributed by atoms with van der Waals surface area (Å²) in [6, 6.07) is -1.01. The summed E-state index contributed by atoms with van der Waals surface area (Å²) < 4.78 is 0. The van der Waals surface area contributed by atoms with Crippen LogP contribution in [0.1, 0.15) is 13.8 Å². The van der Waals surface area contributed by atoms with Gasteiger partial charge in [0.25, 0.3) is 0 Å². The SMILES string of the molecule is CC(=O)NC(CS)C(=O)OOC(=O)C(C)O. The molecule has 0 saturated carbocycles. The van der Waals surface area contributed by atoms with E-state index in [1.807, 2.05) is 0 Å². The van der Waals surface area contributed by atoms with E-state index in [1.165, 1.54) is 6.92 Å². The molecule has 0 saturated heterocycles. The predicted molar refractivity (Wildman–Crippen MR) is 55.3 cm³/mol. The maximum absolute atomic E-state index is 11.2. The first-order valence-electron chi connectivity index (χ1n) is 4.36. The van der Waals surface area contributed by atoms with E-state index < -0.39 is 30.0 Å². The van der Waals surface area contributed by atoms with E-state index in [9.17, 15) is 14.4 Å². The average Bonchev–Trinajstić information content (AvgIpc) is 2.21. The molecule has 0 aliphatic carbocycles. The van der Waals surface area contributed by atoms with E-state index in [0.717, 1.165) is 6.92 Å². The van der Waals surface area contributed by atoms with Crippen LogP contribution >= 0.6 is 12.6 Å². The zero-order valence-electron chi connectivity index (χ0n) is 8.80. The Morgan fingerprint density at radius 2 is 1.81 bits per heavy atom. The van der Waals surface area contributed by atoms with E-state index in [-0.39, 0.29) is 5.75 Å². The van der Waals surface area contributed by atoms with Gasteiger partial charge in [0, 0.05) is 12.7 Å². The Bertz CT molecular complexity index is 280. The summed E-state index contributed by atoms with van der Waals surface area (Å²) in [7, 11) is 0. The number of hydrogen-bond acceptors (Lipinski definition) is 7. The fraction of sp³-hybridized carbons (Fsp3) is 0.625. The number of amides is 1. The Labute approximate surface area is 97.4 Å². The lowest BCUT2D eigenvalue weighted by molar-refractivity contribution is -0.264. The monoisotopic (exact) mass is 251 g/mol. The second kappa shape index (κ2) is 7.07. The zero-order chi connectivity index (χ0) is 12.7. The Morgan fingerprint density at radius 3 is 2.19 bits per heavy atom. The molecule has 92 valence electrons. The van der Waals surface area contributed by atoms with Gasteiger partial charge in [-0.05, 0) is 6.92 Å². The van der Waals surface area contributed by atoms with Crippen LogP contribution in [0.25, 0.3) is 0 Å². The minimum Gasteiger partial charge on any atom is -0.382 e. The summed E-state index contributed by atoms with van der Waals surface area (Å²) in [5.41, 5.74) is 0. The summed E-state index contributed by atoms with van der Waals surface area (Å²) >= 11 is 3.81. The fourth-order valence-electron chi connectivity index (χ4n) is 0.634. The normalized spacial score (nSPS) is 13.5. The van der Waals surface area contributed by atoms with Gasteiger partial charge in [0.05, 0.1) is 0 Å². The molecule has 0 aliphatic rings. The Morgan fingerprint density at radius 1 is 1.31 bits per heavy atom. The topological polar surface area (TPSA) is 102 Å². The lowest BCUT2D eigenvalue weighted by Gasteiger charge is -2.12. The van der Waals surface area contributed by atoms with Gasteiger partial charge in [-0.25, -0.2) is 19.4 Å². The van der Waals surface area contributed by atoms with Crippen molar-refractivity contribution in [2.24, 2.45) is 0 Å². The Hall–Kier alpha value is -1.28. The number of carbonyl (C=O) groups is 3. The number of nitrogens with one attached hydrogen (secondary N) is 1. The minimum atomic E-state index is -1.40. The summed E-state index contributed by atoms with van der Waals surface area (Å²) in [6.45, 7) is 2.37. The molecule has 7 nitrogen and oxygen atoms in total. The molecule has 0 spiro atoms. The van der Waals surface area contributed by atoms with Crippen molar-refractivity contribution in [3.05, 3.63) is 0 Å². The molecule has 0 radical (unpaired) electrons. The van der Waals surface area contributed by atoms with Crippen molar-refractivity contribution in [1.29, 1.82) is 0 Å². The summed E-state index contributed by atoms with van der Waals surface area (Å²) in [6.07, 6.45) is -1.40. The van der Waals surface area contributed by atoms with Gasteiger partial charge in [-0.3, -0.25) is 4.79 Å². The van der Waals surface area contributed by atoms with Gasteiger partial charge < -0.3 is 10.4 Å². The van der Waals surface area contributed by atoms with Crippen LogP contribution in [0.15, 0.2) is 0 Å². The molecule has 0 aromatic heterocycles. The first-order valence-corrected chi connectivity index (χ1v) is 5.00. The van der Waals surface area contributed by atoms with Crippen molar-refractivity contribution in [1.82, 2.24) is 5.32 Å². The second-order valence-electron chi connectivity index (χ2n) is 2.92. The van der Waals surface area contributed by atoms with Crippen molar-refractivity contribution in [2.45, 2.75) is 26.0 Å². The fourth-order valence-corrected chi connectivity index (χ4v) is 0.875. The third-order valence-corrected chi connectivity index (χ3v) is 1.76. The van der Waals surface area contributed by atoms with Gasteiger partial charge >= 0.3 is 11.9 Å². The predicted octanol–water partition coefficient (Wildman–Crippen LogP) is -1.20. The lowest BCUT2D eigenvalue weighted by atomic mass is 10.3. The van der Waals surface area contributed by atoms with Gasteiger partial charge in [0.15, 0.2) is 6.10 Å². The molecule has 16 heavy (non-hydrogen) atoms. The van der Waals surface area contributed by atoms with Crippen molar-refractivity contribution < 1.29 is 29.3 Å². The van der Waals surface area contributed by atoms with E-state index in [2.05, 4.69) is 27.7 Å². The van der Waals surface area contributed by atoms with Crippen LogP contribution in [0.2, 0.25) is 0 Å². The summed E-state index contributed by atoms with van der Waals surface area (Å²) in [5, 5.41) is 11.0. The summed E-state index contributed by atoms with van der Waals surface area (Å²) in [4.78, 5) is 40.7. The number of rotatable bonds is 4. The lowest BCUT2D eigenvalue weighted by Crippen LogP contribution is -2.42. The molecule has 0 fully saturated rings. The third-order valence-electron chi connectivity index (χ3n) is 1.39. The largest absolute Gasteiger partial charge is 0.383 e. The molecule has 2 unspecified atom stereocenters. The molecule has 2 N–H and O–H groups in total. The van der Waals surface area contributed by atoms with Crippen LogP contribution in [-0.4, -0.2) is 40.9 Å². The first kappa shape index (κ1) is 14.7. The minimum absolute atomic E-state index is 0.00928. The highest BCUT2D eigenvalue weighted by atomic mass is 32.1. The molecule has 8 heteroatoms. The second-order valence-corrected chi connectivity index (χ2v) is 3.28. The Balaban J connectivity index is 4.12. The molecule has 0 aliphatic heterocycles. The van der Waals surface area contributed by atoms with E-state index in [4.69, 9.17) is 5.11 Å². The summed E-state index contributed by atoms with van der Waals surface area (Å²) in [5.74, 6) is -2.53. The van der Waals surface area contributed by atoms with Crippen molar-refractivity contribution in [3.63, 3.8) is 0 Å². The van der Waals surface area contributed by atoms with Gasteiger partial charge in [-0.15, -0.1) is 0 Å².